The zero-order valence-corrected chi connectivity index (χ0v) is 29.3. The first kappa shape index (κ1) is 31.4. The smallest absolute Gasteiger partial charge is 0.164 e. The van der Waals surface area contributed by atoms with Crippen molar-refractivity contribution in [2.75, 3.05) is 0 Å². The number of aromatic nitrogens is 3. The molecule has 0 radical (unpaired) electrons. The molecule has 3 aromatic carbocycles. The van der Waals surface area contributed by atoms with E-state index in [0.717, 1.165) is 58.0 Å². The molecule has 2 unspecified atom stereocenters. The maximum atomic E-state index is 9.45. The Morgan fingerprint density at radius 3 is 1.38 bits per heavy atom. The largest absolute Gasteiger partial charge is 0.208 e. The summed E-state index contributed by atoms with van der Waals surface area (Å²) in [5, 5.41) is 9.45. The van der Waals surface area contributed by atoms with Crippen molar-refractivity contribution in [2.45, 2.75) is 103 Å². The van der Waals surface area contributed by atoms with E-state index in [4.69, 9.17) is 15.0 Å². The van der Waals surface area contributed by atoms with Gasteiger partial charge in [-0.2, -0.15) is 5.26 Å². The Bertz CT molecular complexity index is 1740. The van der Waals surface area contributed by atoms with Crippen molar-refractivity contribution in [3.05, 3.63) is 89.5 Å². The number of hydrogen-bond donors (Lipinski definition) is 0. The maximum Gasteiger partial charge on any atom is 0.164 e. The van der Waals surface area contributed by atoms with E-state index < -0.39 is 0 Å². The van der Waals surface area contributed by atoms with Crippen LogP contribution in [-0.4, -0.2) is 15.0 Å². The average Bonchev–Trinajstić information content (AvgIpc) is 3.07. The Morgan fingerprint density at radius 2 is 0.938 bits per heavy atom. The SMILES string of the molecule is C[C@@H]1C[C@@H]2C[C@H](C)CC(c3cc(-c4nc(-c5ccccc5)nc(-c5ccc(C#N)cc5)n4)cc(C45C[C@H](C)C[C@H](C[C@H](C)C4)C5)c3)(C1)C2. The second kappa shape index (κ2) is 12.2. The second-order valence-electron chi connectivity index (χ2n) is 17.0. The van der Waals surface area contributed by atoms with E-state index in [0.29, 0.717) is 17.2 Å². The molecule has 8 rings (SSSR count). The van der Waals surface area contributed by atoms with E-state index in [1.807, 2.05) is 42.5 Å². The first-order valence-electron chi connectivity index (χ1n) is 18.7. The summed E-state index contributed by atoms with van der Waals surface area (Å²) >= 11 is 0. The summed E-state index contributed by atoms with van der Waals surface area (Å²) in [6, 6.07) is 27.9. The van der Waals surface area contributed by atoms with Crippen LogP contribution in [0.2, 0.25) is 0 Å². The Labute approximate surface area is 287 Å². The quantitative estimate of drug-likeness (QED) is 0.219. The molecule has 0 saturated heterocycles. The molecule has 0 N–H and O–H groups in total. The molecule has 246 valence electrons. The summed E-state index contributed by atoms with van der Waals surface area (Å²) in [5.74, 6) is 6.75. The molecular formula is C44H50N4. The summed E-state index contributed by atoms with van der Waals surface area (Å²) in [5.41, 5.74) is 7.18. The van der Waals surface area contributed by atoms with Gasteiger partial charge in [-0.3, -0.25) is 0 Å². The van der Waals surface area contributed by atoms with E-state index in [1.54, 1.807) is 11.1 Å². The number of rotatable bonds is 5. The molecule has 4 saturated carbocycles. The van der Waals surface area contributed by atoms with Gasteiger partial charge < -0.3 is 0 Å². The van der Waals surface area contributed by atoms with Gasteiger partial charge in [0, 0.05) is 16.7 Å². The fourth-order valence-corrected chi connectivity index (χ4v) is 11.5. The molecule has 48 heavy (non-hydrogen) atoms. The van der Waals surface area contributed by atoms with E-state index >= 15 is 0 Å². The van der Waals surface area contributed by atoms with Crippen LogP contribution in [0.5, 0.6) is 0 Å². The van der Waals surface area contributed by atoms with Crippen LogP contribution in [0.25, 0.3) is 34.2 Å². The summed E-state index contributed by atoms with van der Waals surface area (Å²) < 4.78 is 0. The van der Waals surface area contributed by atoms with Gasteiger partial charge in [0.1, 0.15) is 0 Å². The number of fused-ring (bicyclic) bond motifs is 4. The van der Waals surface area contributed by atoms with Crippen LogP contribution in [0.15, 0.2) is 72.8 Å². The Kier molecular flexibility index (Phi) is 8.02. The van der Waals surface area contributed by atoms with Gasteiger partial charge in [-0.1, -0.05) is 64.1 Å². The molecule has 0 spiro atoms. The molecule has 4 bridgehead atoms. The topological polar surface area (TPSA) is 62.5 Å². The van der Waals surface area contributed by atoms with Gasteiger partial charge in [0.15, 0.2) is 17.5 Å². The van der Waals surface area contributed by atoms with Gasteiger partial charge in [0.25, 0.3) is 0 Å². The minimum Gasteiger partial charge on any atom is -0.208 e. The van der Waals surface area contributed by atoms with Crippen molar-refractivity contribution < 1.29 is 0 Å². The lowest BCUT2D eigenvalue weighted by molar-refractivity contribution is 0.0738. The molecule has 4 aliphatic rings. The third kappa shape index (κ3) is 5.89. The van der Waals surface area contributed by atoms with Crippen molar-refractivity contribution in [1.82, 2.24) is 15.0 Å². The number of benzene rings is 3. The van der Waals surface area contributed by atoms with Crippen LogP contribution in [0, 0.1) is 46.8 Å². The van der Waals surface area contributed by atoms with Crippen molar-refractivity contribution >= 4 is 0 Å². The van der Waals surface area contributed by atoms with Gasteiger partial charge in [0.2, 0.25) is 0 Å². The van der Waals surface area contributed by atoms with E-state index in [2.05, 4.69) is 64.1 Å². The van der Waals surface area contributed by atoms with Crippen LogP contribution in [-0.2, 0) is 10.8 Å². The van der Waals surface area contributed by atoms with Gasteiger partial charge in [-0.15, -0.1) is 0 Å². The Morgan fingerprint density at radius 1 is 0.521 bits per heavy atom. The molecule has 8 atom stereocenters. The lowest BCUT2D eigenvalue weighted by Gasteiger charge is -2.52. The summed E-state index contributed by atoms with van der Waals surface area (Å²) in [6.45, 7) is 9.99. The summed E-state index contributed by atoms with van der Waals surface area (Å²) in [6.07, 6.45) is 13.3. The second-order valence-corrected chi connectivity index (χ2v) is 17.0. The summed E-state index contributed by atoms with van der Waals surface area (Å²) in [7, 11) is 0. The van der Waals surface area contributed by atoms with Gasteiger partial charge >= 0.3 is 0 Å². The zero-order valence-electron chi connectivity index (χ0n) is 29.3. The molecular weight excluding hydrogens is 585 g/mol. The van der Waals surface area contributed by atoms with Crippen molar-refractivity contribution in [1.29, 1.82) is 5.26 Å². The van der Waals surface area contributed by atoms with Crippen LogP contribution >= 0.6 is 0 Å². The number of nitrogens with zero attached hydrogens (tertiary/aromatic N) is 4. The molecule has 4 aliphatic carbocycles. The molecule has 0 aliphatic heterocycles. The highest BCUT2D eigenvalue weighted by atomic mass is 15.0. The number of nitriles is 1. The zero-order chi connectivity index (χ0) is 33.0. The monoisotopic (exact) mass is 634 g/mol. The predicted octanol–water partition coefficient (Wildman–Crippen LogP) is 11.0. The fraction of sp³-hybridized carbons (Fsp3) is 0.500. The van der Waals surface area contributed by atoms with E-state index in [-0.39, 0.29) is 10.8 Å². The summed E-state index contributed by atoms with van der Waals surface area (Å²) in [4.78, 5) is 15.5. The molecule has 4 aromatic rings. The third-order valence-corrected chi connectivity index (χ3v) is 12.6. The molecule has 1 heterocycles. The Balaban J connectivity index is 1.34. The minimum absolute atomic E-state index is 0.215. The molecule has 0 amide bonds. The molecule has 4 heteroatoms. The van der Waals surface area contributed by atoms with Gasteiger partial charge in [-0.05, 0) is 158 Å². The van der Waals surface area contributed by atoms with Crippen molar-refractivity contribution in [3.63, 3.8) is 0 Å². The molecule has 4 nitrogen and oxygen atoms in total. The standard InChI is InChI=1S/C44H50N4/c1-28-14-33-15-29(2)22-43(21-28,25-33)38-18-37(19-39(20-38)44-23-30(3)16-34(26-44)17-31(4)24-44)42-47-40(35-8-6-5-7-9-35)46-41(48-42)36-12-10-32(27-45)11-13-36/h5-13,18-20,28-31,33-34H,14-17,21-26H2,1-4H3/t28-,29+,30-,31+,33-,34-,43?,44?. The van der Waals surface area contributed by atoms with Crippen LogP contribution in [0.3, 0.4) is 0 Å². The van der Waals surface area contributed by atoms with Crippen molar-refractivity contribution in [2.24, 2.45) is 35.5 Å². The lowest BCUT2D eigenvalue weighted by Crippen LogP contribution is -2.44. The fourth-order valence-electron chi connectivity index (χ4n) is 11.5. The normalized spacial score (nSPS) is 32.7. The predicted molar refractivity (Wildman–Crippen MR) is 194 cm³/mol. The van der Waals surface area contributed by atoms with Crippen LogP contribution in [0.4, 0.5) is 0 Å². The minimum atomic E-state index is 0.215. The van der Waals surface area contributed by atoms with Crippen LogP contribution < -0.4 is 0 Å². The highest BCUT2D eigenvalue weighted by Gasteiger charge is 2.48. The molecule has 4 fully saturated rings. The van der Waals surface area contributed by atoms with Gasteiger partial charge in [-0.25, -0.2) is 15.0 Å². The highest BCUT2D eigenvalue weighted by molar-refractivity contribution is 5.68. The molecule has 1 aromatic heterocycles. The average molecular weight is 635 g/mol. The van der Waals surface area contributed by atoms with E-state index in [9.17, 15) is 5.26 Å². The van der Waals surface area contributed by atoms with Gasteiger partial charge in [0.05, 0.1) is 11.6 Å². The lowest BCUT2D eigenvalue weighted by atomic mass is 9.52. The van der Waals surface area contributed by atoms with E-state index in [1.165, 1.54) is 64.2 Å². The third-order valence-electron chi connectivity index (χ3n) is 12.6. The first-order valence-corrected chi connectivity index (χ1v) is 18.7. The Hall–Kier alpha value is -3.84. The maximum absolute atomic E-state index is 9.45. The number of hydrogen-bond acceptors (Lipinski definition) is 4. The van der Waals surface area contributed by atoms with Crippen molar-refractivity contribution in [3.8, 4) is 40.2 Å². The first-order chi connectivity index (χ1) is 23.2. The highest BCUT2D eigenvalue weighted by Crippen LogP contribution is 2.58. The van der Waals surface area contributed by atoms with Crippen LogP contribution in [0.1, 0.15) is 109 Å².